The first-order valence-corrected chi connectivity index (χ1v) is 4.39. The fourth-order valence-electron chi connectivity index (χ4n) is 1.84. The van der Waals surface area contributed by atoms with Crippen molar-refractivity contribution in [2.24, 2.45) is 5.73 Å². The van der Waals surface area contributed by atoms with Gasteiger partial charge in [-0.15, -0.1) is 0 Å². The molecule has 0 aromatic heterocycles. The molecule has 0 bridgehead atoms. The van der Waals surface area contributed by atoms with Crippen molar-refractivity contribution in [3.8, 4) is 0 Å². The summed E-state index contributed by atoms with van der Waals surface area (Å²) in [5, 5.41) is 0. The van der Waals surface area contributed by atoms with Crippen LogP contribution in [-0.4, -0.2) is 6.04 Å². The minimum absolute atomic E-state index is 0.308. The Bertz CT molecular complexity index is 294. The summed E-state index contributed by atoms with van der Waals surface area (Å²) in [5.74, 6) is 0. The molecule has 1 aromatic rings. The molecule has 1 aliphatic rings. The Kier molecular flexibility index (Phi) is 1.77. The fourth-order valence-corrected chi connectivity index (χ4v) is 1.84. The normalized spacial score (nSPS) is 21.9. The lowest BCUT2D eigenvalue weighted by molar-refractivity contribution is 0.578. The summed E-state index contributed by atoms with van der Waals surface area (Å²) >= 11 is 0. The Balaban J connectivity index is 2.43. The Morgan fingerprint density at radius 3 is 3.00 bits per heavy atom. The summed E-state index contributed by atoms with van der Waals surface area (Å²) in [7, 11) is 0. The van der Waals surface area contributed by atoms with Gasteiger partial charge < -0.3 is 11.5 Å². The molecule has 2 heteroatoms. The van der Waals surface area contributed by atoms with Gasteiger partial charge in [-0.3, -0.25) is 0 Å². The number of nitrogens with two attached hydrogens (primary N) is 2. The molecule has 1 aliphatic carbocycles. The van der Waals surface area contributed by atoms with E-state index in [4.69, 9.17) is 11.5 Å². The maximum atomic E-state index is 5.86. The van der Waals surface area contributed by atoms with Gasteiger partial charge in [0.1, 0.15) is 0 Å². The standard InChI is InChI=1S/C10H14N2/c11-8-5-4-7-2-1-3-10(12)9(7)6-8/h1-3,8H,4-6,11-12H2/t8-/m1/s1. The van der Waals surface area contributed by atoms with E-state index in [1.807, 2.05) is 12.1 Å². The van der Waals surface area contributed by atoms with Crippen LogP contribution in [0.2, 0.25) is 0 Å². The van der Waals surface area contributed by atoms with Crippen LogP contribution in [0.3, 0.4) is 0 Å². The van der Waals surface area contributed by atoms with Crippen LogP contribution >= 0.6 is 0 Å². The topological polar surface area (TPSA) is 52.0 Å². The first-order chi connectivity index (χ1) is 5.77. The number of rotatable bonds is 0. The molecule has 12 heavy (non-hydrogen) atoms. The lowest BCUT2D eigenvalue weighted by Crippen LogP contribution is -2.28. The van der Waals surface area contributed by atoms with Crippen LogP contribution < -0.4 is 11.5 Å². The van der Waals surface area contributed by atoms with Gasteiger partial charge in [0.15, 0.2) is 0 Å². The van der Waals surface area contributed by atoms with Gasteiger partial charge in [0, 0.05) is 11.7 Å². The molecule has 0 saturated carbocycles. The fraction of sp³-hybridized carbons (Fsp3) is 0.400. The number of benzene rings is 1. The number of hydrogen-bond acceptors (Lipinski definition) is 2. The molecule has 0 unspecified atom stereocenters. The highest BCUT2D eigenvalue weighted by Gasteiger charge is 2.16. The molecule has 0 saturated heterocycles. The molecule has 0 radical (unpaired) electrons. The number of anilines is 1. The van der Waals surface area contributed by atoms with Crippen LogP contribution in [0.4, 0.5) is 5.69 Å². The highest BCUT2D eigenvalue weighted by molar-refractivity contribution is 5.52. The predicted octanol–water partition coefficient (Wildman–Crippen LogP) is 1.08. The molecule has 0 heterocycles. The van der Waals surface area contributed by atoms with Crippen LogP contribution in [0.1, 0.15) is 17.5 Å². The molecule has 2 nitrogen and oxygen atoms in total. The molecule has 0 amide bonds. The van der Waals surface area contributed by atoms with Crippen LogP contribution in [0, 0.1) is 0 Å². The Hall–Kier alpha value is -1.02. The Morgan fingerprint density at radius 2 is 2.17 bits per heavy atom. The van der Waals surface area contributed by atoms with Crippen LogP contribution in [0.25, 0.3) is 0 Å². The first-order valence-electron chi connectivity index (χ1n) is 4.39. The van der Waals surface area contributed by atoms with E-state index in [2.05, 4.69) is 6.07 Å². The van der Waals surface area contributed by atoms with Crippen molar-refractivity contribution >= 4 is 5.69 Å². The summed E-state index contributed by atoms with van der Waals surface area (Å²) in [6, 6.07) is 6.43. The van der Waals surface area contributed by atoms with E-state index < -0.39 is 0 Å². The molecule has 1 aromatic carbocycles. The SMILES string of the molecule is Nc1cccc2c1C[C@H](N)CC2. The monoisotopic (exact) mass is 162 g/mol. The van der Waals surface area contributed by atoms with Crippen LogP contribution in [-0.2, 0) is 12.8 Å². The van der Waals surface area contributed by atoms with E-state index in [1.165, 1.54) is 11.1 Å². The second-order valence-corrected chi connectivity index (χ2v) is 3.49. The van der Waals surface area contributed by atoms with Gasteiger partial charge in [0.25, 0.3) is 0 Å². The maximum Gasteiger partial charge on any atom is 0.0349 e. The van der Waals surface area contributed by atoms with Crippen molar-refractivity contribution in [1.82, 2.24) is 0 Å². The van der Waals surface area contributed by atoms with E-state index in [1.54, 1.807) is 0 Å². The molecule has 0 aliphatic heterocycles. The molecule has 2 rings (SSSR count). The Morgan fingerprint density at radius 1 is 1.33 bits per heavy atom. The van der Waals surface area contributed by atoms with E-state index in [0.29, 0.717) is 6.04 Å². The van der Waals surface area contributed by atoms with Gasteiger partial charge in [0.2, 0.25) is 0 Å². The van der Waals surface area contributed by atoms with E-state index >= 15 is 0 Å². The van der Waals surface area contributed by atoms with E-state index in [0.717, 1.165) is 24.9 Å². The maximum absolute atomic E-state index is 5.86. The summed E-state index contributed by atoms with van der Waals surface area (Å²) in [6.07, 6.45) is 3.12. The zero-order chi connectivity index (χ0) is 8.55. The van der Waals surface area contributed by atoms with Crippen molar-refractivity contribution in [2.75, 3.05) is 5.73 Å². The highest BCUT2D eigenvalue weighted by Crippen LogP contribution is 2.25. The molecule has 1 atom stereocenters. The molecule has 0 spiro atoms. The summed E-state index contributed by atoms with van der Waals surface area (Å²) in [4.78, 5) is 0. The third kappa shape index (κ3) is 1.18. The number of aryl methyl sites for hydroxylation is 1. The first kappa shape index (κ1) is 7.62. The minimum Gasteiger partial charge on any atom is -0.398 e. The van der Waals surface area contributed by atoms with Gasteiger partial charge in [0.05, 0.1) is 0 Å². The van der Waals surface area contributed by atoms with Crippen molar-refractivity contribution in [3.63, 3.8) is 0 Å². The van der Waals surface area contributed by atoms with Gasteiger partial charge in [-0.25, -0.2) is 0 Å². The quantitative estimate of drug-likeness (QED) is 0.561. The number of hydrogen-bond donors (Lipinski definition) is 2. The van der Waals surface area contributed by atoms with Crippen molar-refractivity contribution in [3.05, 3.63) is 29.3 Å². The molecular weight excluding hydrogens is 148 g/mol. The lowest BCUT2D eigenvalue weighted by Gasteiger charge is -2.22. The summed E-state index contributed by atoms with van der Waals surface area (Å²) in [5.41, 5.74) is 15.3. The second-order valence-electron chi connectivity index (χ2n) is 3.49. The van der Waals surface area contributed by atoms with Crippen LogP contribution in [0.5, 0.6) is 0 Å². The van der Waals surface area contributed by atoms with Crippen molar-refractivity contribution < 1.29 is 0 Å². The highest BCUT2D eigenvalue weighted by atomic mass is 14.6. The average Bonchev–Trinajstić information content (AvgIpc) is 2.07. The predicted molar refractivity (Wildman–Crippen MR) is 50.9 cm³/mol. The minimum atomic E-state index is 0.308. The van der Waals surface area contributed by atoms with Gasteiger partial charge in [-0.05, 0) is 36.5 Å². The third-order valence-corrected chi connectivity index (χ3v) is 2.56. The lowest BCUT2D eigenvalue weighted by atomic mass is 9.88. The largest absolute Gasteiger partial charge is 0.398 e. The van der Waals surface area contributed by atoms with E-state index in [-0.39, 0.29) is 0 Å². The average molecular weight is 162 g/mol. The third-order valence-electron chi connectivity index (χ3n) is 2.56. The number of nitrogen functional groups attached to an aromatic ring is 1. The molecule has 4 N–H and O–H groups in total. The number of fused-ring (bicyclic) bond motifs is 1. The zero-order valence-electron chi connectivity index (χ0n) is 7.09. The van der Waals surface area contributed by atoms with Gasteiger partial charge in [-0.1, -0.05) is 12.1 Å². The Labute approximate surface area is 72.6 Å². The summed E-state index contributed by atoms with van der Waals surface area (Å²) in [6.45, 7) is 0. The zero-order valence-corrected chi connectivity index (χ0v) is 7.09. The molecule has 64 valence electrons. The van der Waals surface area contributed by atoms with E-state index in [9.17, 15) is 0 Å². The van der Waals surface area contributed by atoms with Crippen LogP contribution in [0.15, 0.2) is 18.2 Å². The molecular formula is C10H14N2. The van der Waals surface area contributed by atoms with Crippen molar-refractivity contribution in [2.45, 2.75) is 25.3 Å². The van der Waals surface area contributed by atoms with Gasteiger partial charge >= 0.3 is 0 Å². The van der Waals surface area contributed by atoms with Gasteiger partial charge in [-0.2, -0.15) is 0 Å². The second kappa shape index (κ2) is 2.79. The molecule has 0 fully saturated rings. The van der Waals surface area contributed by atoms with Crippen molar-refractivity contribution in [1.29, 1.82) is 0 Å². The summed E-state index contributed by atoms with van der Waals surface area (Å²) < 4.78 is 0. The smallest absolute Gasteiger partial charge is 0.0349 e.